The van der Waals surface area contributed by atoms with Crippen LogP contribution >= 0.6 is 0 Å². The standard InChI is InChI=1S/C17H21N3O5/c1-6-25-17(21)15-12(9-10-18(2)3)19(4)11-7-8-13(24-5)16(14(11)15)20(22)23/h7-10H,6H2,1-5H3/b10-9+. The van der Waals surface area contributed by atoms with Crippen molar-refractivity contribution < 1.29 is 19.2 Å². The average molecular weight is 347 g/mol. The lowest BCUT2D eigenvalue weighted by molar-refractivity contribution is -0.384. The normalized spacial score (nSPS) is 11.1. The zero-order chi connectivity index (χ0) is 18.7. The molecule has 0 N–H and O–H groups in total. The lowest BCUT2D eigenvalue weighted by Crippen LogP contribution is -2.08. The Hall–Kier alpha value is -3.03. The first-order valence-corrected chi connectivity index (χ1v) is 7.68. The summed E-state index contributed by atoms with van der Waals surface area (Å²) < 4.78 is 12.0. The number of aromatic nitrogens is 1. The molecule has 1 aromatic carbocycles. The van der Waals surface area contributed by atoms with Crippen LogP contribution in [0.2, 0.25) is 0 Å². The molecule has 0 atom stereocenters. The Morgan fingerprint density at radius 1 is 1.40 bits per heavy atom. The van der Waals surface area contributed by atoms with Crippen LogP contribution in [0.4, 0.5) is 5.69 Å². The predicted octanol–water partition coefficient (Wildman–Crippen LogP) is 2.80. The number of carbonyl (C=O) groups excluding carboxylic acids is 1. The van der Waals surface area contributed by atoms with Crippen LogP contribution in [0.3, 0.4) is 0 Å². The van der Waals surface area contributed by atoms with E-state index in [2.05, 4.69) is 0 Å². The summed E-state index contributed by atoms with van der Waals surface area (Å²) in [6.07, 6.45) is 3.49. The number of nitro groups is 1. The van der Waals surface area contributed by atoms with Crippen LogP contribution in [0, 0.1) is 10.1 Å². The minimum atomic E-state index is -0.608. The zero-order valence-electron chi connectivity index (χ0n) is 14.9. The molecular formula is C17H21N3O5. The van der Waals surface area contributed by atoms with Gasteiger partial charge in [-0.3, -0.25) is 10.1 Å². The highest BCUT2D eigenvalue weighted by Gasteiger charge is 2.30. The van der Waals surface area contributed by atoms with Gasteiger partial charge in [0.2, 0.25) is 0 Å². The minimum Gasteiger partial charge on any atom is -0.490 e. The van der Waals surface area contributed by atoms with Crippen molar-refractivity contribution in [3.63, 3.8) is 0 Å². The number of ether oxygens (including phenoxy) is 2. The van der Waals surface area contributed by atoms with Gasteiger partial charge in [0.25, 0.3) is 0 Å². The van der Waals surface area contributed by atoms with Gasteiger partial charge in [0, 0.05) is 27.3 Å². The van der Waals surface area contributed by atoms with Gasteiger partial charge in [0.1, 0.15) is 0 Å². The summed E-state index contributed by atoms with van der Waals surface area (Å²) in [4.78, 5) is 25.5. The second-order valence-electron chi connectivity index (χ2n) is 5.59. The van der Waals surface area contributed by atoms with Gasteiger partial charge in [-0.05, 0) is 25.1 Å². The number of benzene rings is 1. The molecule has 134 valence electrons. The molecule has 0 amide bonds. The van der Waals surface area contributed by atoms with E-state index in [1.807, 2.05) is 19.0 Å². The van der Waals surface area contributed by atoms with Crippen LogP contribution in [-0.4, -0.2) is 48.2 Å². The molecule has 0 aliphatic heterocycles. The Morgan fingerprint density at radius 2 is 2.08 bits per heavy atom. The molecule has 1 aromatic heterocycles. The van der Waals surface area contributed by atoms with Crippen LogP contribution in [-0.2, 0) is 11.8 Å². The molecule has 2 rings (SSSR count). The number of hydrogen-bond acceptors (Lipinski definition) is 6. The number of rotatable bonds is 6. The number of nitrogens with zero attached hydrogens (tertiary/aromatic N) is 3. The SMILES string of the molecule is CCOC(=O)c1c(/C=C/N(C)C)n(C)c2ccc(OC)c([N+](=O)[O-])c12. The maximum Gasteiger partial charge on any atom is 0.341 e. The van der Waals surface area contributed by atoms with Gasteiger partial charge in [-0.1, -0.05) is 0 Å². The van der Waals surface area contributed by atoms with Crippen LogP contribution in [0.15, 0.2) is 18.3 Å². The van der Waals surface area contributed by atoms with Crippen molar-refractivity contribution in [1.29, 1.82) is 0 Å². The van der Waals surface area contributed by atoms with Gasteiger partial charge in [-0.2, -0.15) is 0 Å². The number of nitro benzene ring substituents is 1. The van der Waals surface area contributed by atoms with E-state index in [0.29, 0.717) is 11.2 Å². The first-order valence-electron chi connectivity index (χ1n) is 7.68. The van der Waals surface area contributed by atoms with E-state index in [4.69, 9.17) is 9.47 Å². The molecule has 0 bridgehead atoms. The van der Waals surface area contributed by atoms with Gasteiger partial charge < -0.3 is 18.9 Å². The molecule has 0 unspecified atom stereocenters. The first-order chi connectivity index (χ1) is 11.8. The quantitative estimate of drug-likeness (QED) is 0.454. The van der Waals surface area contributed by atoms with E-state index >= 15 is 0 Å². The van der Waals surface area contributed by atoms with Crippen molar-refractivity contribution in [3.05, 3.63) is 39.7 Å². The summed E-state index contributed by atoms with van der Waals surface area (Å²) in [5, 5.41) is 11.9. The summed E-state index contributed by atoms with van der Waals surface area (Å²) in [6, 6.07) is 3.21. The van der Waals surface area contributed by atoms with Gasteiger partial charge in [0.05, 0.1) is 40.8 Å². The number of aryl methyl sites for hydroxylation is 1. The molecule has 0 radical (unpaired) electrons. The Labute approximate surface area is 145 Å². The average Bonchev–Trinajstić information content (AvgIpc) is 2.84. The minimum absolute atomic E-state index is 0.0942. The van der Waals surface area contributed by atoms with Gasteiger partial charge >= 0.3 is 11.7 Å². The third kappa shape index (κ3) is 3.28. The molecule has 0 aliphatic rings. The Kier molecular flexibility index (Phi) is 5.31. The number of hydrogen-bond donors (Lipinski definition) is 0. The summed E-state index contributed by atoms with van der Waals surface area (Å²) in [6.45, 7) is 1.86. The maximum atomic E-state index is 12.6. The van der Waals surface area contributed by atoms with E-state index in [9.17, 15) is 14.9 Å². The van der Waals surface area contributed by atoms with Crippen molar-refractivity contribution in [2.24, 2.45) is 7.05 Å². The fourth-order valence-electron chi connectivity index (χ4n) is 2.68. The molecule has 8 nitrogen and oxygen atoms in total. The molecule has 0 fully saturated rings. The number of esters is 1. The smallest absolute Gasteiger partial charge is 0.341 e. The number of fused-ring (bicyclic) bond motifs is 1. The lowest BCUT2D eigenvalue weighted by Gasteiger charge is -2.06. The van der Waals surface area contributed by atoms with Crippen LogP contribution in [0.5, 0.6) is 5.75 Å². The second kappa shape index (κ2) is 7.25. The van der Waals surface area contributed by atoms with Crippen molar-refractivity contribution in [2.75, 3.05) is 27.8 Å². The monoisotopic (exact) mass is 347 g/mol. The van der Waals surface area contributed by atoms with Crippen molar-refractivity contribution in [3.8, 4) is 5.75 Å². The highest BCUT2D eigenvalue weighted by molar-refractivity contribution is 6.12. The summed E-state index contributed by atoms with van der Waals surface area (Å²) >= 11 is 0. The molecule has 25 heavy (non-hydrogen) atoms. The molecule has 8 heteroatoms. The number of carbonyl (C=O) groups is 1. The van der Waals surface area contributed by atoms with Crippen molar-refractivity contribution in [2.45, 2.75) is 6.92 Å². The molecular weight excluding hydrogens is 326 g/mol. The fourth-order valence-corrected chi connectivity index (χ4v) is 2.68. The second-order valence-corrected chi connectivity index (χ2v) is 5.59. The van der Waals surface area contributed by atoms with Crippen molar-refractivity contribution in [1.82, 2.24) is 9.47 Å². The molecule has 2 aromatic rings. The first kappa shape index (κ1) is 18.3. The van der Waals surface area contributed by atoms with Crippen LogP contribution in [0.1, 0.15) is 23.0 Å². The number of methoxy groups -OCH3 is 1. The summed E-state index contributed by atoms with van der Waals surface area (Å²) in [7, 11) is 6.79. The zero-order valence-corrected chi connectivity index (χ0v) is 14.9. The highest BCUT2D eigenvalue weighted by Crippen LogP contribution is 2.40. The van der Waals surface area contributed by atoms with Crippen LogP contribution < -0.4 is 4.74 Å². The van der Waals surface area contributed by atoms with Gasteiger partial charge in [-0.25, -0.2) is 4.79 Å². The molecule has 1 heterocycles. The Balaban J connectivity index is 2.95. The van der Waals surface area contributed by atoms with E-state index in [0.717, 1.165) is 0 Å². The largest absolute Gasteiger partial charge is 0.490 e. The van der Waals surface area contributed by atoms with Gasteiger partial charge in [-0.15, -0.1) is 0 Å². The molecule has 0 saturated heterocycles. The maximum absolute atomic E-state index is 12.6. The molecule has 0 saturated carbocycles. The Bertz CT molecular complexity index is 852. The lowest BCUT2D eigenvalue weighted by atomic mass is 10.1. The van der Waals surface area contributed by atoms with Crippen LogP contribution in [0.25, 0.3) is 17.0 Å². The van der Waals surface area contributed by atoms with Crippen molar-refractivity contribution >= 4 is 28.6 Å². The molecule has 0 aliphatic carbocycles. The van der Waals surface area contributed by atoms with Gasteiger partial charge in [0.15, 0.2) is 5.75 Å². The van der Waals surface area contributed by atoms with E-state index < -0.39 is 10.9 Å². The molecule has 0 spiro atoms. The third-order valence-corrected chi connectivity index (χ3v) is 3.76. The Morgan fingerprint density at radius 3 is 2.60 bits per heavy atom. The van der Waals surface area contributed by atoms with E-state index in [1.54, 1.807) is 36.9 Å². The predicted molar refractivity (Wildman–Crippen MR) is 94.8 cm³/mol. The summed E-state index contributed by atoms with van der Waals surface area (Å²) in [5.41, 5.74) is 0.985. The third-order valence-electron chi connectivity index (χ3n) is 3.76. The fraction of sp³-hybridized carbons (Fsp3) is 0.353. The highest BCUT2D eigenvalue weighted by atomic mass is 16.6. The summed E-state index contributed by atoms with van der Waals surface area (Å²) in [5.74, 6) is -0.514. The van der Waals surface area contributed by atoms with E-state index in [-0.39, 0.29) is 29.0 Å². The topological polar surface area (TPSA) is 86.8 Å². The van der Waals surface area contributed by atoms with E-state index in [1.165, 1.54) is 13.2 Å².